The van der Waals surface area contributed by atoms with E-state index >= 15 is 0 Å². The van der Waals surface area contributed by atoms with Crippen LogP contribution in [-0.4, -0.2) is 19.9 Å². The summed E-state index contributed by atoms with van der Waals surface area (Å²) in [6.45, 7) is 0. The third-order valence-corrected chi connectivity index (χ3v) is 5.51. The molecule has 6 rings (SSSR count). The monoisotopic (exact) mass is 564 g/mol. The zero-order valence-corrected chi connectivity index (χ0v) is 21.6. The summed E-state index contributed by atoms with van der Waals surface area (Å²) in [5.74, 6) is 0. The van der Waals surface area contributed by atoms with Crippen molar-refractivity contribution < 1.29 is 19.5 Å². The van der Waals surface area contributed by atoms with E-state index in [-0.39, 0.29) is 19.5 Å². The average Bonchev–Trinajstić information content (AvgIpc) is 2.99. The minimum Gasteiger partial charge on any atom is -0.366 e. The van der Waals surface area contributed by atoms with Gasteiger partial charge in [-0.2, -0.15) is 0 Å². The summed E-state index contributed by atoms with van der Waals surface area (Å²) >= 11 is 0. The van der Waals surface area contributed by atoms with Crippen molar-refractivity contribution in [3.8, 4) is 45.0 Å². The molecule has 0 saturated heterocycles. The first-order valence-corrected chi connectivity index (χ1v) is 11.6. The molecular weight excluding hydrogens is 541 g/mol. The molecular formula is C32H22N4Ru+. The van der Waals surface area contributed by atoms with Gasteiger partial charge in [0.2, 0.25) is 0 Å². The van der Waals surface area contributed by atoms with Crippen molar-refractivity contribution in [3.63, 3.8) is 0 Å². The summed E-state index contributed by atoms with van der Waals surface area (Å²) in [4.78, 5) is 16.8. The zero-order valence-electron chi connectivity index (χ0n) is 19.8. The molecule has 0 aliphatic carbocycles. The van der Waals surface area contributed by atoms with Gasteiger partial charge in [-0.25, -0.2) is 0 Å². The molecule has 37 heavy (non-hydrogen) atoms. The van der Waals surface area contributed by atoms with Gasteiger partial charge in [0.1, 0.15) is 0 Å². The zero-order chi connectivity index (χ0) is 24.4. The van der Waals surface area contributed by atoms with E-state index in [0.717, 1.165) is 45.0 Å². The number of rotatable bonds is 4. The van der Waals surface area contributed by atoms with Gasteiger partial charge in [0.05, 0.1) is 0 Å². The maximum Gasteiger partial charge on any atom is 3.00 e. The molecule has 0 bridgehead atoms. The molecule has 177 valence electrons. The van der Waals surface area contributed by atoms with E-state index in [1.54, 1.807) is 0 Å². The van der Waals surface area contributed by atoms with Gasteiger partial charge in [0.15, 0.2) is 0 Å². The van der Waals surface area contributed by atoms with Crippen LogP contribution in [0.2, 0.25) is 0 Å². The van der Waals surface area contributed by atoms with Crippen LogP contribution in [0.5, 0.6) is 0 Å². The summed E-state index contributed by atoms with van der Waals surface area (Å²) in [7, 11) is 0. The van der Waals surface area contributed by atoms with E-state index in [0.29, 0.717) is 0 Å². The van der Waals surface area contributed by atoms with Crippen molar-refractivity contribution >= 4 is 0 Å². The molecule has 0 amide bonds. The second-order valence-electron chi connectivity index (χ2n) is 7.94. The summed E-state index contributed by atoms with van der Waals surface area (Å²) < 4.78 is 0. The van der Waals surface area contributed by atoms with Crippen molar-refractivity contribution in [2.45, 2.75) is 0 Å². The number of hydrogen-bond donors (Lipinski definition) is 0. The van der Waals surface area contributed by atoms with Gasteiger partial charge in [0, 0.05) is 12.7 Å². The number of hydrogen-bond acceptors (Lipinski definition) is 4. The van der Waals surface area contributed by atoms with Crippen LogP contribution in [0.3, 0.4) is 0 Å². The van der Waals surface area contributed by atoms with Gasteiger partial charge in [0.25, 0.3) is 0 Å². The van der Waals surface area contributed by atoms with Gasteiger partial charge in [-0.15, -0.1) is 12.1 Å². The van der Waals surface area contributed by atoms with E-state index in [1.165, 1.54) is 0 Å². The third kappa shape index (κ3) is 6.87. The Morgan fingerprint density at radius 2 is 0.541 bits per heavy atom. The average molecular weight is 564 g/mol. The second-order valence-corrected chi connectivity index (χ2v) is 7.94. The Morgan fingerprint density at radius 1 is 0.324 bits per heavy atom. The van der Waals surface area contributed by atoms with E-state index < -0.39 is 0 Å². The minimum absolute atomic E-state index is 0. The van der Waals surface area contributed by atoms with Gasteiger partial charge in [-0.05, 0) is 22.8 Å². The molecule has 2 heterocycles. The van der Waals surface area contributed by atoms with Crippen LogP contribution in [-0.2, 0) is 19.5 Å². The Bertz CT molecular complexity index is 1280. The molecule has 0 saturated carbocycles. The SMILES string of the molecule is [Ru+3].[c-]1nc(-c2ccccc2)cc(-c2ccccc2)n1.[c-]1nc(-c2ccccc2)cc(-c2ccccc2)n1. The molecule has 4 aromatic carbocycles. The molecule has 0 aliphatic rings. The summed E-state index contributed by atoms with van der Waals surface area (Å²) in [6, 6.07) is 44.2. The van der Waals surface area contributed by atoms with Crippen molar-refractivity contribution in [3.05, 3.63) is 146 Å². The predicted octanol–water partition coefficient (Wildman–Crippen LogP) is 7.22. The molecule has 0 aliphatic heterocycles. The standard InChI is InChI=1S/2C16H11N2.Ru/c2*1-3-7-13(8-4-1)15-11-16(18-12-17-15)14-9-5-2-6-10-14;/h2*1-11H;/q2*-1;+3. The minimum atomic E-state index is 0. The fourth-order valence-electron chi connectivity index (χ4n) is 3.68. The molecule has 0 spiro atoms. The summed E-state index contributed by atoms with van der Waals surface area (Å²) in [5.41, 5.74) is 7.88. The molecule has 2 aromatic heterocycles. The van der Waals surface area contributed by atoms with Crippen LogP contribution in [0.25, 0.3) is 45.0 Å². The Hall–Kier alpha value is -4.34. The molecule has 0 N–H and O–H groups in total. The first kappa shape index (κ1) is 25.7. The van der Waals surface area contributed by atoms with E-state index in [1.807, 2.05) is 133 Å². The Balaban J connectivity index is 0.000000168. The fourth-order valence-corrected chi connectivity index (χ4v) is 3.68. The molecule has 1 radical (unpaired) electrons. The molecule has 6 aromatic rings. The van der Waals surface area contributed by atoms with E-state index in [2.05, 4.69) is 32.6 Å². The van der Waals surface area contributed by atoms with Crippen LogP contribution in [0.4, 0.5) is 0 Å². The van der Waals surface area contributed by atoms with Gasteiger partial charge >= 0.3 is 19.5 Å². The Labute approximate surface area is 229 Å². The Kier molecular flexibility index (Phi) is 9.12. The maximum absolute atomic E-state index is 4.20. The molecule has 4 nitrogen and oxygen atoms in total. The van der Waals surface area contributed by atoms with Crippen LogP contribution in [0.1, 0.15) is 0 Å². The molecule has 0 atom stereocenters. The quantitative estimate of drug-likeness (QED) is 0.168. The summed E-state index contributed by atoms with van der Waals surface area (Å²) in [6.07, 6.45) is 5.45. The Morgan fingerprint density at radius 3 is 0.757 bits per heavy atom. The second kappa shape index (κ2) is 13.1. The topological polar surface area (TPSA) is 51.6 Å². The fraction of sp³-hybridized carbons (Fsp3) is 0. The predicted molar refractivity (Wildman–Crippen MR) is 143 cm³/mol. The van der Waals surface area contributed by atoms with E-state index in [9.17, 15) is 0 Å². The van der Waals surface area contributed by atoms with Gasteiger partial charge in [-0.1, -0.05) is 144 Å². The molecule has 0 unspecified atom stereocenters. The van der Waals surface area contributed by atoms with Crippen molar-refractivity contribution in [2.75, 3.05) is 0 Å². The van der Waals surface area contributed by atoms with E-state index in [4.69, 9.17) is 0 Å². The van der Waals surface area contributed by atoms with Gasteiger partial charge in [-0.3, -0.25) is 0 Å². The molecule has 0 fully saturated rings. The largest absolute Gasteiger partial charge is 3.00 e. The smallest absolute Gasteiger partial charge is 0.366 e. The number of benzene rings is 4. The normalized spacial score (nSPS) is 9.95. The third-order valence-electron chi connectivity index (χ3n) is 5.51. The van der Waals surface area contributed by atoms with Crippen LogP contribution < -0.4 is 0 Å². The maximum atomic E-state index is 4.20. The van der Waals surface area contributed by atoms with Crippen molar-refractivity contribution in [1.29, 1.82) is 0 Å². The first-order chi connectivity index (χ1) is 17.9. The van der Waals surface area contributed by atoms with Crippen LogP contribution >= 0.6 is 0 Å². The van der Waals surface area contributed by atoms with Crippen LogP contribution in [0, 0.1) is 12.7 Å². The van der Waals surface area contributed by atoms with Crippen LogP contribution in [0.15, 0.2) is 133 Å². The molecule has 5 heteroatoms. The summed E-state index contributed by atoms with van der Waals surface area (Å²) in [5, 5.41) is 0. The van der Waals surface area contributed by atoms with Crippen molar-refractivity contribution in [1.82, 2.24) is 19.9 Å². The first-order valence-electron chi connectivity index (χ1n) is 11.6. The van der Waals surface area contributed by atoms with Crippen molar-refractivity contribution in [2.24, 2.45) is 0 Å². The number of aromatic nitrogens is 4. The van der Waals surface area contributed by atoms with Gasteiger partial charge < -0.3 is 19.9 Å². The number of nitrogens with zero attached hydrogens (tertiary/aromatic N) is 4.